The first-order chi connectivity index (χ1) is 13.5. The molecule has 0 spiro atoms. The molecule has 7 nitrogen and oxygen atoms in total. The number of carbonyl (C=O) groups excluding carboxylic acids is 2. The lowest BCUT2D eigenvalue weighted by molar-refractivity contribution is 0.0973. The Balaban J connectivity index is 0.00000160. The zero-order valence-corrected chi connectivity index (χ0v) is 17.8. The van der Waals surface area contributed by atoms with Crippen molar-refractivity contribution in [2.75, 3.05) is 39.3 Å². The molecule has 0 aromatic heterocycles. The molecular weight excluding hydrogens is 431 g/mol. The number of fused-ring (bicyclic) bond motifs is 2. The van der Waals surface area contributed by atoms with E-state index in [2.05, 4.69) is 9.80 Å². The smallest absolute Gasteiger partial charge is 0.201 e. The number of halogens is 2. The first-order valence-corrected chi connectivity index (χ1v) is 9.32. The maximum atomic E-state index is 12.9. The van der Waals surface area contributed by atoms with Crippen LogP contribution in [0.5, 0.6) is 11.5 Å². The van der Waals surface area contributed by atoms with Gasteiger partial charge in [0.25, 0.3) is 0 Å². The Bertz CT molecular complexity index is 959. The van der Waals surface area contributed by atoms with Crippen molar-refractivity contribution in [1.29, 1.82) is 0 Å². The summed E-state index contributed by atoms with van der Waals surface area (Å²) in [6, 6.07) is 7.59. The van der Waals surface area contributed by atoms with Gasteiger partial charge in [-0.25, -0.2) is 0 Å². The van der Waals surface area contributed by atoms with E-state index in [-0.39, 0.29) is 71.0 Å². The van der Waals surface area contributed by atoms with Crippen molar-refractivity contribution in [3.05, 3.63) is 58.1 Å². The maximum Gasteiger partial charge on any atom is 0.201 e. The van der Waals surface area contributed by atoms with E-state index in [4.69, 9.17) is 5.11 Å². The Morgan fingerprint density at radius 3 is 2.10 bits per heavy atom. The number of carbonyl (C=O) groups is 2. The minimum absolute atomic E-state index is 0. The van der Waals surface area contributed by atoms with Crippen molar-refractivity contribution < 1.29 is 24.9 Å². The van der Waals surface area contributed by atoms with Gasteiger partial charge < -0.3 is 15.3 Å². The summed E-state index contributed by atoms with van der Waals surface area (Å²) in [6.07, 6.45) is 0. The summed E-state index contributed by atoms with van der Waals surface area (Å²) in [7, 11) is 0. The van der Waals surface area contributed by atoms with Crippen molar-refractivity contribution in [2.45, 2.75) is 6.54 Å². The molecule has 1 aliphatic carbocycles. The minimum atomic E-state index is -0.538. The molecule has 1 aliphatic heterocycles. The molecule has 2 aromatic carbocycles. The summed E-state index contributed by atoms with van der Waals surface area (Å²) < 4.78 is 0. The highest BCUT2D eigenvalue weighted by atomic mass is 35.5. The Kier molecular flexibility index (Phi) is 7.85. The Labute approximate surface area is 186 Å². The second-order valence-corrected chi connectivity index (χ2v) is 7.24. The van der Waals surface area contributed by atoms with Crippen LogP contribution in [0.3, 0.4) is 0 Å². The highest BCUT2D eigenvalue weighted by Gasteiger charge is 2.34. The number of piperazine rings is 1. The van der Waals surface area contributed by atoms with E-state index in [9.17, 15) is 19.8 Å². The molecule has 0 unspecified atom stereocenters. The Morgan fingerprint density at radius 1 is 0.800 bits per heavy atom. The van der Waals surface area contributed by atoms with Gasteiger partial charge in [0, 0.05) is 50.4 Å². The van der Waals surface area contributed by atoms with Crippen LogP contribution in [0.4, 0.5) is 0 Å². The van der Waals surface area contributed by atoms with E-state index in [1.807, 2.05) is 0 Å². The van der Waals surface area contributed by atoms with Crippen LogP contribution in [0.25, 0.3) is 0 Å². The van der Waals surface area contributed by atoms with Gasteiger partial charge in [-0.2, -0.15) is 0 Å². The van der Waals surface area contributed by atoms with Crippen molar-refractivity contribution in [3.63, 3.8) is 0 Å². The van der Waals surface area contributed by atoms with Gasteiger partial charge in [-0.1, -0.05) is 12.1 Å². The molecule has 162 valence electrons. The van der Waals surface area contributed by atoms with E-state index in [1.54, 1.807) is 6.07 Å². The number of hydrogen-bond acceptors (Lipinski definition) is 7. The molecule has 4 rings (SSSR count). The van der Waals surface area contributed by atoms with E-state index < -0.39 is 5.78 Å². The first kappa shape index (κ1) is 24.1. The van der Waals surface area contributed by atoms with Crippen LogP contribution in [0, 0.1) is 0 Å². The third kappa shape index (κ3) is 4.31. The van der Waals surface area contributed by atoms with E-state index in [0.29, 0.717) is 13.1 Å². The molecule has 0 saturated carbocycles. The number of benzene rings is 2. The summed E-state index contributed by atoms with van der Waals surface area (Å²) in [4.78, 5) is 30.1. The lowest BCUT2D eigenvalue weighted by Crippen LogP contribution is -2.46. The van der Waals surface area contributed by atoms with Gasteiger partial charge in [0.05, 0.1) is 17.7 Å². The normalized spacial score (nSPS) is 16.3. The van der Waals surface area contributed by atoms with Gasteiger partial charge in [0.1, 0.15) is 11.5 Å². The number of nitrogens with zero attached hydrogens (tertiary/aromatic N) is 2. The summed E-state index contributed by atoms with van der Waals surface area (Å²) in [5, 5.41) is 29.5. The average molecular weight is 455 g/mol. The van der Waals surface area contributed by atoms with Crippen LogP contribution >= 0.6 is 24.8 Å². The van der Waals surface area contributed by atoms with Crippen LogP contribution in [-0.2, 0) is 6.54 Å². The van der Waals surface area contributed by atoms with Gasteiger partial charge >= 0.3 is 0 Å². The summed E-state index contributed by atoms with van der Waals surface area (Å²) in [5.74, 6) is -1.40. The van der Waals surface area contributed by atoms with E-state index in [1.165, 1.54) is 24.3 Å². The largest absolute Gasteiger partial charge is 0.507 e. The van der Waals surface area contributed by atoms with Gasteiger partial charge in [-0.3, -0.25) is 19.4 Å². The number of aliphatic hydroxyl groups is 1. The minimum Gasteiger partial charge on any atom is -0.507 e. The molecule has 0 amide bonds. The van der Waals surface area contributed by atoms with Crippen molar-refractivity contribution >= 4 is 36.4 Å². The van der Waals surface area contributed by atoms with Gasteiger partial charge in [0.2, 0.25) is 5.78 Å². The average Bonchev–Trinajstić information content (AvgIpc) is 2.67. The van der Waals surface area contributed by atoms with Crippen LogP contribution in [0.1, 0.15) is 37.4 Å². The lowest BCUT2D eigenvalue weighted by atomic mass is 9.82. The number of ketones is 2. The standard InChI is InChI=1S/C21H22N2O5.2ClH/c24-9-8-22-4-6-23(7-5-22)12-13-10-15-19(17(26)11-13)21(28)18-14(20(15)27)2-1-3-16(18)25;;/h1-3,10-11,24-26H,4-9,12H2;2*1H. The van der Waals surface area contributed by atoms with Crippen molar-refractivity contribution in [1.82, 2.24) is 9.80 Å². The number of hydrogen-bond donors (Lipinski definition) is 3. The van der Waals surface area contributed by atoms with Crippen LogP contribution in [0.2, 0.25) is 0 Å². The zero-order valence-electron chi connectivity index (χ0n) is 16.2. The maximum absolute atomic E-state index is 12.9. The van der Waals surface area contributed by atoms with Crippen LogP contribution in [0.15, 0.2) is 30.3 Å². The topological polar surface area (TPSA) is 101 Å². The van der Waals surface area contributed by atoms with E-state index in [0.717, 1.165) is 31.7 Å². The molecule has 1 saturated heterocycles. The molecule has 0 bridgehead atoms. The fraction of sp³-hybridized carbons (Fsp3) is 0.333. The van der Waals surface area contributed by atoms with Crippen LogP contribution < -0.4 is 0 Å². The molecule has 30 heavy (non-hydrogen) atoms. The monoisotopic (exact) mass is 454 g/mol. The number of phenolic OH excluding ortho intramolecular Hbond substituents is 2. The summed E-state index contributed by atoms with van der Waals surface area (Å²) >= 11 is 0. The first-order valence-electron chi connectivity index (χ1n) is 9.32. The van der Waals surface area contributed by atoms with Gasteiger partial charge in [0.15, 0.2) is 5.78 Å². The molecule has 9 heteroatoms. The van der Waals surface area contributed by atoms with E-state index >= 15 is 0 Å². The van der Waals surface area contributed by atoms with Crippen molar-refractivity contribution in [3.8, 4) is 11.5 Å². The predicted octanol–water partition coefficient (Wildman–Crippen LogP) is 1.83. The number of aromatic hydroxyl groups is 2. The Morgan fingerprint density at radius 2 is 1.43 bits per heavy atom. The molecule has 3 N–H and O–H groups in total. The fourth-order valence-electron chi connectivity index (χ4n) is 4.00. The second-order valence-electron chi connectivity index (χ2n) is 7.24. The number of rotatable bonds is 4. The third-order valence-corrected chi connectivity index (χ3v) is 5.45. The SMILES string of the molecule is Cl.Cl.O=C1c2cccc(O)c2C(=O)c2c(O)cc(CN3CCN(CCO)CC3)cc21. The molecule has 1 fully saturated rings. The molecular formula is C21H24Cl2N2O5. The molecule has 0 atom stereocenters. The fourth-order valence-corrected chi connectivity index (χ4v) is 4.00. The molecule has 1 heterocycles. The molecule has 2 aliphatic rings. The van der Waals surface area contributed by atoms with Gasteiger partial charge in [-0.15, -0.1) is 24.8 Å². The quantitative estimate of drug-likeness (QED) is 0.552. The van der Waals surface area contributed by atoms with Crippen LogP contribution in [-0.4, -0.2) is 76.0 Å². The number of phenols is 2. The molecule has 0 radical (unpaired) electrons. The van der Waals surface area contributed by atoms with Crippen molar-refractivity contribution in [2.24, 2.45) is 0 Å². The Hall–Kier alpha value is -2.16. The summed E-state index contributed by atoms with van der Waals surface area (Å²) in [5.41, 5.74) is 0.999. The van der Waals surface area contributed by atoms with Gasteiger partial charge in [-0.05, 0) is 23.8 Å². The zero-order chi connectivity index (χ0) is 19.8. The lowest BCUT2D eigenvalue weighted by Gasteiger charge is -2.34. The predicted molar refractivity (Wildman–Crippen MR) is 116 cm³/mol. The third-order valence-electron chi connectivity index (χ3n) is 5.45. The molecule has 2 aromatic rings. The highest BCUT2D eigenvalue weighted by molar-refractivity contribution is 6.30. The highest BCUT2D eigenvalue weighted by Crippen LogP contribution is 2.37. The number of aliphatic hydroxyl groups excluding tert-OH is 1. The number of β-amino-alcohol motifs (C(OH)–C–C–N with tert-alkyl or cyclic N) is 1. The second kappa shape index (κ2) is 9.76. The summed E-state index contributed by atoms with van der Waals surface area (Å²) in [6.45, 7) is 4.70.